The fourth-order valence-electron chi connectivity index (χ4n) is 3.41. The van der Waals surface area contributed by atoms with Crippen molar-refractivity contribution < 1.29 is 18.8 Å². The summed E-state index contributed by atoms with van der Waals surface area (Å²) in [4.78, 5) is 38.8. The van der Waals surface area contributed by atoms with Crippen molar-refractivity contribution in [3.8, 4) is 0 Å². The highest BCUT2D eigenvalue weighted by atomic mass is 19.1. The fraction of sp³-hybridized carbons (Fsp3) is 0.125. The molecule has 0 aliphatic carbocycles. The summed E-state index contributed by atoms with van der Waals surface area (Å²) >= 11 is 0. The number of carbonyl (C=O) groups excluding carboxylic acids is 3. The van der Waals surface area contributed by atoms with Crippen molar-refractivity contribution in [1.29, 1.82) is 0 Å². The lowest BCUT2D eigenvalue weighted by atomic mass is 10.1. The number of aryl methyl sites for hydroxylation is 1. The predicted octanol–water partition coefficient (Wildman–Crippen LogP) is 3.90. The number of carbonyl (C=O) groups is 3. The molecule has 4 rings (SSSR count). The minimum Gasteiger partial charge on any atom is -0.344 e. The molecule has 1 aliphatic rings. The number of aromatic nitrogens is 1. The number of hydrogen-bond acceptors (Lipinski definition) is 3. The molecule has 4 amide bonds. The van der Waals surface area contributed by atoms with Crippen LogP contribution >= 0.6 is 0 Å². The van der Waals surface area contributed by atoms with E-state index in [-0.39, 0.29) is 11.4 Å². The Morgan fingerprint density at radius 1 is 0.935 bits per heavy atom. The molecule has 0 spiro atoms. The molecule has 1 aliphatic heterocycles. The molecular formula is C24H20FN3O3. The van der Waals surface area contributed by atoms with Crippen LogP contribution in [0.3, 0.4) is 0 Å². The van der Waals surface area contributed by atoms with Crippen LogP contribution in [0, 0.1) is 5.82 Å². The molecule has 1 saturated heterocycles. The van der Waals surface area contributed by atoms with Gasteiger partial charge in [0.25, 0.3) is 11.8 Å². The number of nitrogens with zero attached hydrogens (tertiary/aromatic N) is 2. The monoisotopic (exact) mass is 417 g/mol. The van der Waals surface area contributed by atoms with Gasteiger partial charge in [0, 0.05) is 18.4 Å². The van der Waals surface area contributed by atoms with E-state index in [9.17, 15) is 18.8 Å². The molecule has 1 fully saturated rings. The first-order valence-electron chi connectivity index (χ1n) is 9.86. The highest BCUT2D eigenvalue weighted by Crippen LogP contribution is 2.23. The quantitative estimate of drug-likeness (QED) is 0.506. The summed E-state index contributed by atoms with van der Waals surface area (Å²) in [5.41, 5.74) is 2.79. The Hall–Kier alpha value is -4.00. The SMILES string of the molecule is CCc1ccc(N2C(=O)NC(=O)/C(=C/c3cccn3Cc3ccc(F)cc3)C2=O)cc1. The second-order valence-corrected chi connectivity index (χ2v) is 7.17. The molecule has 0 atom stereocenters. The number of benzene rings is 2. The third-order valence-electron chi connectivity index (χ3n) is 5.13. The average Bonchev–Trinajstić information content (AvgIpc) is 3.19. The van der Waals surface area contributed by atoms with Crippen LogP contribution in [0.25, 0.3) is 6.08 Å². The minimum absolute atomic E-state index is 0.141. The first-order valence-corrected chi connectivity index (χ1v) is 9.86. The van der Waals surface area contributed by atoms with Crippen LogP contribution < -0.4 is 10.2 Å². The maximum Gasteiger partial charge on any atom is 0.335 e. The summed E-state index contributed by atoms with van der Waals surface area (Å²) in [6.45, 7) is 2.44. The van der Waals surface area contributed by atoms with Crippen molar-refractivity contribution in [2.75, 3.05) is 4.90 Å². The standard InChI is InChI=1S/C24H20FN3O3/c1-2-16-7-11-19(12-8-16)28-23(30)21(22(29)26-24(28)31)14-20-4-3-13-27(20)15-17-5-9-18(25)10-6-17/h3-14H,2,15H2,1H3,(H,26,29,31)/b21-14-. The number of nitrogens with one attached hydrogen (secondary N) is 1. The number of urea groups is 1. The van der Waals surface area contributed by atoms with Crippen molar-refractivity contribution >= 4 is 29.6 Å². The summed E-state index contributed by atoms with van der Waals surface area (Å²) in [6, 6.07) is 15.9. The van der Waals surface area contributed by atoms with Gasteiger partial charge in [-0.1, -0.05) is 31.2 Å². The molecule has 6 nitrogen and oxygen atoms in total. The number of barbiturate groups is 1. The maximum absolute atomic E-state index is 13.2. The van der Waals surface area contributed by atoms with Gasteiger partial charge in [-0.15, -0.1) is 0 Å². The van der Waals surface area contributed by atoms with Crippen molar-refractivity contribution in [3.05, 3.63) is 95.1 Å². The lowest BCUT2D eigenvalue weighted by Gasteiger charge is -2.26. The molecule has 0 unspecified atom stereocenters. The summed E-state index contributed by atoms with van der Waals surface area (Å²) in [5, 5.41) is 2.23. The number of anilines is 1. The third-order valence-corrected chi connectivity index (χ3v) is 5.13. The van der Waals surface area contributed by atoms with E-state index in [1.54, 1.807) is 42.6 Å². The van der Waals surface area contributed by atoms with Gasteiger partial charge in [-0.2, -0.15) is 0 Å². The molecular weight excluding hydrogens is 397 g/mol. The average molecular weight is 417 g/mol. The van der Waals surface area contributed by atoms with E-state index in [1.807, 2.05) is 23.6 Å². The van der Waals surface area contributed by atoms with Crippen LogP contribution in [0.15, 0.2) is 72.4 Å². The minimum atomic E-state index is -0.780. The Morgan fingerprint density at radius 3 is 2.29 bits per heavy atom. The zero-order valence-electron chi connectivity index (χ0n) is 16.8. The largest absolute Gasteiger partial charge is 0.344 e. The highest BCUT2D eigenvalue weighted by Gasteiger charge is 2.36. The number of halogens is 1. The first-order chi connectivity index (χ1) is 15.0. The van der Waals surface area contributed by atoms with Crippen molar-refractivity contribution in [2.24, 2.45) is 0 Å². The predicted molar refractivity (Wildman–Crippen MR) is 115 cm³/mol. The molecule has 156 valence electrons. The van der Waals surface area contributed by atoms with Gasteiger partial charge in [0.05, 0.1) is 5.69 Å². The Morgan fingerprint density at radius 2 is 1.61 bits per heavy atom. The molecule has 0 radical (unpaired) electrons. The molecule has 3 aromatic rings. The normalized spacial score (nSPS) is 15.5. The van der Waals surface area contributed by atoms with Gasteiger partial charge in [-0.05, 0) is 60.0 Å². The van der Waals surface area contributed by atoms with Crippen LogP contribution in [0.1, 0.15) is 23.7 Å². The lowest BCUT2D eigenvalue weighted by molar-refractivity contribution is -0.122. The van der Waals surface area contributed by atoms with Crippen molar-refractivity contribution in [2.45, 2.75) is 19.9 Å². The van der Waals surface area contributed by atoms with Gasteiger partial charge >= 0.3 is 6.03 Å². The van der Waals surface area contributed by atoms with Crippen LogP contribution in [0.5, 0.6) is 0 Å². The maximum atomic E-state index is 13.2. The second kappa shape index (κ2) is 8.39. The lowest BCUT2D eigenvalue weighted by Crippen LogP contribution is -2.54. The van der Waals surface area contributed by atoms with Crippen LogP contribution in [-0.4, -0.2) is 22.4 Å². The summed E-state index contributed by atoms with van der Waals surface area (Å²) in [7, 11) is 0. The molecule has 1 aromatic heterocycles. The molecule has 2 heterocycles. The molecule has 1 N–H and O–H groups in total. The number of rotatable bonds is 5. The van der Waals surface area contributed by atoms with Gasteiger partial charge in [-0.3, -0.25) is 14.9 Å². The third kappa shape index (κ3) is 4.16. The Kier molecular flexibility index (Phi) is 5.49. The molecule has 0 bridgehead atoms. The number of amides is 4. The Balaban J connectivity index is 1.64. The summed E-state index contributed by atoms with van der Waals surface area (Å²) in [5.74, 6) is -1.75. The second-order valence-electron chi connectivity index (χ2n) is 7.17. The van der Waals surface area contributed by atoms with Crippen LogP contribution in [-0.2, 0) is 22.6 Å². The van der Waals surface area contributed by atoms with E-state index >= 15 is 0 Å². The first kappa shape index (κ1) is 20.3. The van der Waals surface area contributed by atoms with Gasteiger partial charge in [0.1, 0.15) is 11.4 Å². The van der Waals surface area contributed by atoms with E-state index in [0.717, 1.165) is 22.4 Å². The van der Waals surface area contributed by atoms with E-state index in [0.29, 0.717) is 17.9 Å². The van der Waals surface area contributed by atoms with E-state index in [1.165, 1.54) is 18.2 Å². The highest BCUT2D eigenvalue weighted by molar-refractivity contribution is 6.39. The van der Waals surface area contributed by atoms with Gasteiger partial charge in [0.2, 0.25) is 0 Å². The molecule has 7 heteroatoms. The van der Waals surface area contributed by atoms with Gasteiger partial charge < -0.3 is 4.57 Å². The van der Waals surface area contributed by atoms with Gasteiger partial charge in [-0.25, -0.2) is 14.1 Å². The molecule has 31 heavy (non-hydrogen) atoms. The summed E-state index contributed by atoms with van der Waals surface area (Å²) < 4.78 is 15.0. The zero-order chi connectivity index (χ0) is 22.0. The Labute approximate surface area is 178 Å². The summed E-state index contributed by atoms with van der Waals surface area (Å²) in [6.07, 6.45) is 4.09. The Bertz CT molecular complexity index is 1180. The van der Waals surface area contributed by atoms with E-state index in [4.69, 9.17) is 0 Å². The fourth-order valence-corrected chi connectivity index (χ4v) is 3.41. The molecule has 2 aromatic carbocycles. The van der Waals surface area contributed by atoms with Gasteiger partial charge in [0.15, 0.2) is 0 Å². The van der Waals surface area contributed by atoms with E-state index in [2.05, 4.69) is 5.32 Å². The van der Waals surface area contributed by atoms with Crippen molar-refractivity contribution in [1.82, 2.24) is 9.88 Å². The molecule has 0 saturated carbocycles. The number of hydrogen-bond donors (Lipinski definition) is 1. The smallest absolute Gasteiger partial charge is 0.335 e. The van der Waals surface area contributed by atoms with Crippen LogP contribution in [0.2, 0.25) is 0 Å². The topological polar surface area (TPSA) is 71.4 Å². The van der Waals surface area contributed by atoms with E-state index < -0.39 is 17.8 Å². The van der Waals surface area contributed by atoms with Crippen molar-refractivity contribution in [3.63, 3.8) is 0 Å². The number of imide groups is 2. The van der Waals surface area contributed by atoms with Crippen LogP contribution in [0.4, 0.5) is 14.9 Å². The zero-order valence-corrected chi connectivity index (χ0v) is 16.8.